The van der Waals surface area contributed by atoms with Gasteiger partial charge >= 0.3 is 0 Å². The molecule has 6 aliphatic heterocycles. The highest BCUT2D eigenvalue weighted by Gasteiger charge is 2.47. The molecule has 746 valence electrons. The van der Waals surface area contributed by atoms with Gasteiger partial charge in [-0.2, -0.15) is 0 Å². The Labute approximate surface area is 741 Å². The maximum atomic E-state index is 13.3. The summed E-state index contributed by atoms with van der Waals surface area (Å²) in [5, 5.41) is 90.1. The maximum Gasteiger partial charge on any atom is 0.268 e. The molecule has 127 heavy (non-hydrogen) atoms. The molecule has 29 atom stereocenters. The van der Waals surface area contributed by atoms with Crippen LogP contribution < -0.4 is 24.5 Å². The van der Waals surface area contributed by atoms with E-state index in [1.807, 2.05) is 34.6 Å². The average Bonchev–Trinajstić information content (AvgIpc) is 1.82. The first-order valence-corrected chi connectivity index (χ1v) is 51.1. The van der Waals surface area contributed by atoms with Gasteiger partial charge in [-0.05, 0) is 84.5 Å². The fourth-order valence-corrected chi connectivity index (χ4v) is 18.4. The number of Topliss-reactive ketones (excluding diaryl/α,β-unsaturated/α-hetero) is 3. The number of unbranched alkanes of at least 4 members (excludes halogenated alkanes) is 12. The van der Waals surface area contributed by atoms with Crippen molar-refractivity contribution in [2.45, 2.75) is 331 Å². The molecule has 0 saturated carbocycles. The van der Waals surface area contributed by atoms with E-state index in [-0.39, 0.29) is 134 Å². The molecule has 0 amide bonds. The smallest absolute Gasteiger partial charge is 0.268 e. The fourth-order valence-electron chi connectivity index (χ4n) is 14.2. The summed E-state index contributed by atoms with van der Waals surface area (Å²) in [5.74, 6) is -2.28. The van der Waals surface area contributed by atoms with Gasteiger partial charge in [-0.15, -0.1) is 0 Å². The van der Waals surface area contributed by atoms with E-state index in [0.717, 1.165) is 19.3 Å². The molecule has 6 fully saturated rings. The van der Waals surface area contributed by atoms with Crippen LogP contribution in [0.5, 0.6) is 0 Å². The summed E-state index contributed by atoms with van der Waals surface area (Å²) in [6.07, 6.45) is -14.1. The van der Waals surface area contributed by atoms with Crippen molar-refractivity contribution in [3.63, 3.8) is 0 Å². The molecule has 6 saturated heterocycles. The second-order valence-corrected chi connectivity index (χ2v) is 40.4. The Morgan fingerprint density at radius 2 is 0.622 bits per heavy atom. The van der Waals surface area contributed by atoms with Crippen molar-refractivity contribution >= 4 is 56.5 Å². The summed E-state index contributed by atoms with van der Waals surface area (Å²) in [5.41, 5.74) is -0.499. The van der Waals surface area contributed by atoms with Crippen molar-refractivity contribution in [1.29, 1.82) is 0 Å². The van der Waals surface area contributed by atoms with E-state index in [4.69, 9.17) is 107 Å². The van der Waals surface area contributed by atoms with Crippen molar-refractivity contribution in [3.8, 4) is 0 Å². The lowest BCUT2D eigenvalue weighted by molar-refractivity contribution is -0.280. The van der Waals surface area contributed by atoms with Crippen molar-refractivity contribution in [1.82, 2.24) is 0 Å². The van der Waals surface area contributed by atoms with Crippen LogP contribution in [0.15, 0.2) is 0 Å². The highest BCUT2D eigenvalue weighted by molar-refractivity contribution is 7.47. The fraction of sp³-hybridized carbons (Fsp3) is 0.961. The number of ether oxygens (including phenoxy) is 13. The lowest BCUT2D eigenvalue weighted by Crippen LogP contribution is -2.55. The maximum absolute atomic E-state index is 13.3. The highest BCUT2D eigenvalue weighted by atomic mass is 31.2. The van der Waals surface area contributed by atoms with Gasteiger partial charge in [0.2, 0.25) is 0 Å². The van der Waals surface area contributed by atoms with Crippen LogP contribution in [0.3, 0.4) is 0 Å². The number of carbonyl (C=O) groups excluding carboxylic acids is 3. The zero-order valence-corrected chi connectivity index (χ0v) is 78.0. The number of phosphoric ester groups is 5. The first-order valence-electron chi connectivity index (χ1n) is 43.8. The van der Waals surface area contributed by atoms with Gasteiger partial charge in [0, 0.05) is 82.7 Å². The van der Waals surface area contributed by atoms with Crippen LogP contribution in [0.25, 0.3) is 0 Å². The molecule has 0 radical (unpaired) electrons. The molecular formula is C77H138O45P5-5. The summed E-state index contributed by atoms with van der Waals surface area (Å²) in [6, 6.07) is 0. The third kappa shape index (κ3) is 43.9. The predicted octanol–water partition coefficient (Wildman–Crippen LogP) is 2.25. The number of aliphatic hydroxyl groups excluding tert-OH is 9. The van der Waals surface area contributed by atoms with E-state index >= 15 is 0 Å². The van der Waals surface area contributed by atoms with Gasteiger partial charge in [0.25, 0.3) is 39.1 Å². The molecule has 0 aromatic carbocycles. The molecule has 0 aromatic heterocycles. The van der Waals surface area contributed by atoms with Gasteiger partial charge in [-0.25, -0.2) is 0 Å². The average molecular weight is 1940 g/mol. The Morgan fingerprint density at radius 1 is 0.323 bits per heavy atom. The number of carbonyl (C=O) groups is 3. The van der Waals surface area contributed by atoms with E-state index < -0.39 is 246 Å². The minimum atomic E-state index is -5.35. The summed E-state index contributed by atoms with van der Waals surface area (Å²) < 4.78 is 190. The Balaban J connectivity index is 0.910. The van der Waals surface area contributed by atoms with Crippen LogP contribution in [-0.4, -0.2) is 311 Å². The number of aliphatic hydroxyl groups is 9. The van der Waals surface area contributed by atoms with Crippen molar-refractivity contribution in [2.24, 2.45) is 23.7 Å². The molecule has 0 spiro atoms. The normalized spacial score (nSPS) is 32.6. The molecule has 50 heteroatoms. The minimum absolute atomic E-state index is 0.0160. The van der Waals surface area contributed by atoms with Crippen LogP contribution in [0, 0.1) is 23.7 Å². The SMILES string of the molecule is CC1[C@H](OCC(=O)CCCCCCCO[C@H]2CC(O)[C@@H](COP(=O)([O-])OCCCOP(=O)([O-])OC3C[C@H](OCCCCCCCC(=O)CO[C@@H]4OC(CO)[C@H](O)[C@H](O)C4C)O[C@@H]3COP(=O)([O-])OCCCOP(=O)([O-])OC3C[C@H](OCCCCCCCC(=O)CO[C@@H]4OC(CO)[C@H](O)[C@H](O)C4C)O[C@@H]3COP(=O)([O-])OCCCOC(C)(C)C)O2)OC(CO)[C@H](O)[C@@H]1C. The molecule has 0 aromatic rings. The summed E-state index contributed by atoms with van der Waals surface area (Å²) >= 11 is 0. The van der Waals surface area contributed by atoms with Gasteiger partial charge in [0.1, 0.15) is 68.7 Å². The molecule has 14 unspecified atom stereocenters. The summed E-state index contributed by atoms with van der Waals surface area (Å²) in [4.78, 5) is 103. The lowest BCUT2D eigenvalue weighted by Gasteiger charge is -2.41. The van der Waals surface area contributed by atoms with Crippen molar-refractivity contribution in [2.75, 3.05) is 119 Å². The van der Waals surface area contributed by atoms with Gasteiger partial charge in [-0.3, -0.25) is 37.2 Å². The number of phosphoric acid groups is 5. The number of hydrogen-bond donors (Lipinski definition) is 9. The second kappa shape index (κ2) is 58.4. The molecule has 45 nitrogen and oxygen atoms in total. The van der Waals surface area contributed by atoms with Crippen LogP contribution in [0.2, 0.25) is 0 Å². The second-order valence-electron chi connectivity index (χ2n) is 33.5. The van der Waals surface area contributed by atoms with Gasteiger partial charge in [0.15, 0.2) is 55.1 Å². The van der Waals surface area contributed by atoms with Gasteiger partial charge < -0.3 is 177 Å². The number of ketones is 3. The Morgan fingerprint density at radius 3 is 0.976 bits per heavy atom. The third-order valence-corrected chi connectivity index (χ3v) is 26.8. The Kier molecular flexibility index (Phi) is 52.6. The van der Waals surface area contributed by atoms with Crippen molar-refractivity contribution in [3.05, 3.63) is 0 Å². The Bertz CT molecular complexity index is 3350. The van der Waals surface area contributed by atoms with E-state index in [1.54, 1.807) is 13.8 Å². The lowest BCUT2D eigenvalue weighted by atomic mass is 9.85. The first kappa shape index (κ1) is 114. The molecule has 0 aliphatic carbocycles. The molecule has 6 rings (SSSR count). The van der Waals surface area contributed by atoms with E-state index in [1.165, 1.54) is 0 Å². The zero-order valence-electron chi connectivity index (χ0n) is 73.5. The van der Waals surface area contributed by atoms with Crippen LogP contribution in [-0.2, 0) is 144 Å². The summed E-state index contributed by atoms with van der Waals surface area (Å²) in [7, 11) is -26.1. The predicted molar refractivity (Wildman–Crippen MR) is 429 cm³/mol. The van der Waals surface area contributed by atoms with E-state index in [2.05, 4.69) is 0 Å². The van der Waals surface area contributed by atoms with Crippen LogP contribution in [0.4, 0.5) is 0 Å². The first-order chi connectivity index (χ1) is 60.0. The molecule has 9 N–H and O–H groups in total. The third-order valence-electron chi connectivity index (χ3n) is 21.9. The Hall–Kier alpha value is -1.32. The van der Waals surface area contributed by atoms with Crippen LogP contribution in [0.1, 0.15) is 203 Å². The van der Waals surface area contributed by atoms with E-state index in [0.29, 0.717) is 83.5 Å². The monoisotopic (exact) mass is 1940 g/mol. The topological polar surface area (TPSA) is 646 Å². The highest BCUT2D eigenvalue weighted by Crippen LogP contribution is 2.49. The van der Waals surface area contributed by atoms with E-state index in [9.17, 15) is 108 Å². The number of hydrogen-bond acceptors (Lipinski definition) is 45. The zero-order chi connectivity index (χ0) is 93.6. The molecule has 0 bridgehead atoms. The summed E-state index contributed by atoms with van der Waals surface area (Å²) in [6.45, 7) is 5.09. The van der Waals surface area contributed by atoms with Gasteiger partial charge in [-0.1, -0.05) is 85.5 Å². The van der Waals surface area contributed by atoms with Gasteiger partial charge in [0.05, 0.1) is 115 Å². The molecule has 6 aliphatic rings. The largest absolute Gasteiger partial charge is 0.756 e. The minimum Gasteiger partial charge on any atom is -0.756 e. The number of rotatable bonds is 69. The molecular weight excluding hydrogens is 1800 g/mol. The molecule has 6 heterocycles. The quantitative estimate of drug-likeness (QED) is 0.0311. The van der Waals surface area contributed by atoms with Crippen molar-refractivity contribution < 1.29 is 214 Å². The standard InChI is InChI=1S/C77H143O45P5/c1-50-51(2)74(118-60(41-78)69(50)85)103-44-54(81)26-17-11-8-14-20-29-100-66-38-57(84)63(115-66)47-112-123(90,91)108-34-24-36-110-126(96,97)122-59-40-68(102-31-22-16-10-13-19-28-56(83)46-105-76-53(4)71(87)73(89)62(43-80)120-76)117-65(59)49-114-125(94,95)109-35-25-37-111-127(98,99)121-58-39-67(116-64(58)48-113-124(92,93)107-33-23-32-106-77(5,6)7)101-30-21-15-9-12-18-27-55(82)45-104-75-52(3)70(86)72(88)61(42-79)119-75/h50-53,57-76,78-80,84-89H,8-49H2,1-7H3,(H,90,91)(H,92,93)(H,94,95)(H,96,97)(H,98,99)/p-5/t50-,51?,52?,53?,57?,58?,59?,60?,61?,62?,63-,64-,65-,66-,67-,68-,69-,70-,71-,72+,73+,74-,75-,76-/m1/s1. The van der Waals surface area contributed by atoms with Crippen LogP contribution >= 0.6 is 39.1 Å².